The molecule has 0 bridgehead atoms. The molecule has 1 aromatic carbocycles. The molecule has 3 aromatic rings. The van der Waals surface area contributed by atoms with Gasteiger partial charge in [-0.25, -0.2) is 19.7 Å². The van der Waals surface area contributed by atoms with E-state index in [-0.39, 0.29) is 6.03 Å². The van der Waals surface area contributed by atoms with Crippen molar-refractivity contribution in [2.45, 2.75) is 6.92 Å². The Morgan fingerprint density at radius 2 is 1.70 bits per heavy atom. The molecule has 0 fully saturated rings. The van der Waals surface area contributed by atoms with Crippen molar-refractivity contribution in [1.29, 1.82) is 0 Å². The minimum Gasteiger partial charge on any atom is -0.368 e. The molecular weight excluding hydrogens is 342 g/mol. The highest BCUT2D eigenvalue weighted by Crippen LogP contribution is 2.14. The standard InChI is InChI=1S/C19H21N7O/c1-14-7-8-20-17(11-14)26-18-12-16(23-13-24-18)21-9-10-22-19(27)25-15-5-3-2-4-6-15/h2-8,11-13H,9-10H2,1H3,(H2,22,25,27)(H2,20,21,23,24,26). The highest BCUT2D eigenvalue weighted by molar-refractivity contribution is 5.89. The van der Waals surface area contributed by atoms with E-state index in [9.17, 15) is 4.79 Å². The lowest BCUT2D eigenvalue weighted by Gasteiger charge is -2.10. The van der Waals surface area contributed by atoms with Crippen LogP contribution >= 0.6 is 0 Å². The van der Waals surface area contributed by atoms with Crippen LogP contribution in [0.1, 0.15) is 5.56 Å². The summed E-state index contributed by atoms with van der Waals surface area (Å²) in [5, 5.41) is 11.8. The number of aromatic nitrogens is 3. The Balaban J connectivity index is 1.44. The summed E-state index contributed by atoms with van der Waals surface area (Å²) < 4.78 is 0. The maximum atomic E-state index is 11.8. The molecule has 0 spiro atoms. The van der Waals surface area contributed by atoms with Crippen molar-refractivity contribution in [2.24, 2.45) is 0 Å². The molecule has 0 saturated heterocycles. The van der Waals surface area contributed by atoms with Gasteiger partial charge >= 0.3 is 6.03 Å². The number of carbonyl (C=O) groups is 1. The van der Waals surface area contributed by atoms with Crippen LogP contribution in [-0.4, -0.2) is 34.1 Å². The maximum Gasteiger partial charge on any atom is 0.319 e. The topological polar surface area (TPSA) is 104 Å². The molecule has 0 radical (unpaired) electrons. The second-order valence-corrected chi connectivity index (χ2v) is 5.81. The monoisotopic (exact) mass is 363 g/mol. The van der Waals surface area contributed by atoms with E-state index in [1.165, 1.54) is 6.33 Å². The van der Waals surface area contributed by atoms with Crippen LogP contribution in [0.25, 0.3) is 0 Å². The number of nitrogens with one attached hydrogen (secondary N) is 4. The molecule has 2 amide bonds. The number of amides is 2. The van der Waals surface area contributed by atoms with E-state index in [1.54, 1.807) is 12.3 Å². The van der Waals surface area contributed by atoms with E-state index >= 15 is 0 Å². The molecule has 0 unspecified atom stereocenters. The number of pyridine rings is 1. The molecule has 8 nitrogen and oxygen atoms in total. The first kappa shape index (κ1) is 18.1. The lowest BCUT2D eigenvalue weighted by molar-refractivity contribution is 0.252. The molecule has 0 aliphatic rings. The van der Waals surface area contributed by atoms with Crippen LogP contribution in [-0.2, 0) is 0 Å². The van der Waals surface area contributed by atoms with Crippen molar-refractivity contribution in [2.75, 3.05) is 29.0 Å². The number of aryl methyl sites for hydroxylation is 1. The molecule has 138 valence electrons. The number of anilines is 4. The summed E-state index contributed by atoms with van der Waals surface area (Å²) >= 11 is 0. The third kappa shape index (κ3) is 5.96. The van der Waals surface area contributed by atoms with E-state index in [0.717, 1.165) is 17.1 Å². The SMILES string of the molecule is Cc1ccnc(Nc2cc(NCCNC(=O)Nc3ccccc3)ncn2)c1. The van der Waals surface area contributed by atoms with Crippen LogP contribution < -0.4 is 21.3 Å². The fraction of sp³-hybridized carbons (Fsp3) is 0.158. The van der Waals surface area contributed by atoms with E-state index < -0.39 is 0 Å². The second-order valence-electron chi connectivity index (χ2n) is 5.81. The maximum absolute atomic E-state index is 11.8. The van der Waals surface area contributed by atoms with Gasteiger partial charge < -0.3 is 21.3 Å². The predicted octanol–water partition coefficient (Wildman–Crippen LogP) is 3.16. The van der Waals surface area contributed by atoms with Gasteiger partial charge in [0.2, 0.25) is 0 Å². The largest absolute Gasteiger partial charge is 0.368 e. The first-order valence-electron chi connectivity index (χ1n) is 8.54. The van der Waals surface area contributed by atoms with Gasteiger partial charge in [0.05, 0.1) is 0 Å². The first-order chi connectivity index (χ1) is 13.2. The van der Waals surface area contributed by atoms with Crippen molar-refractivity contribution >= 4 is 29.2 Å². The number of hydrogen-bond acceptors (Lipinski definition) is 6. The number of carbonyl (C=O) groups excluding carboxylic acids is 1. The van der Waals surface area contributed by atoms with Gasteiger partial charge in [-0.05, 0) is 36.8 Å². The Kier molecular flexibility index (Phi) is 6.13. The average molecular weight is 363 g/mol. The van der Waals surface area contributed by atoms with Crippen LogP contribution in [0.15, 0.2) is 61.1 Å². The molecule has 8 heteroatoms. The molecule has 0 atom stereocenters. The molecule has 2 heterocycles. The van der Waals surface area contributed by atoms with Crippen molar-refractivity contribution in [3.05, 3.63) is 66.6 Å². The first-order valence-corrected chi connectivity index (χ1v) is 8.54. The van der Waals surface area contributed by atoms with Crippen molar-refractivity contribution in [3.8, 4) is 0 Å². The smallest absolute Gasteiger partial charge is 0.319 e. The third-order valence-electron chi connectivity index (χ3n) is 3.59. The molecular formula is C19H21N7O. The zero-order valence-corrected chi connectivity index (χ0v) is 14.9. The summed E-state index contributed by atoms with van der Waals surface area (Å²) in [4.78, 5) is 24.4. The lowest BCUT2D eigenvalue weighted by atomic mass is 10.3. The summed E-state index contributed by atoms with van der Waals surface area (Å²) in [7, 11) is 0. The van der Waals surface area contributed by atoms with Gasteiger partial charge in [-0.1, -0.05) is 18.2 Å². The van der Waals surface area contributed by atoms with Crippen LogP contribution in [0, 0.1) is 6.92 Å². The summed E-state index contributed by atoms with van der Waals surface area (Å²) in [5.41, 5.74) is 1.86. The molecule has 0 aliphatic carbocycles. The summed E-state index contributed by atoms with van der Waals surface area (Å²) in [5.74, 6) is 2.02. The second kappa shape index (κ2) is 9.14. The fourth-order valence-corrected chi connectivity index (χ4v) is 2.32. The van der Waals surface area contributed by atoms with Gasteiger partial charge in [0.1, 0.15) is 23.8 Å². The van der Waals surface area contributed by atoms with Gasteiger partial charge in [0.25, 0.3) is 0 Å². The van der Waals surface area contributed by atoms with Crippen molar-refractivity contribution in [1.82, 2.24) is 20.3 Å². The Morgan fingerprint density at radius 3 is 2.52 bits per heavy atom. The van der Waals surface area contributed by atoms with E-state index in [0.29, 0.717) is 24.7 Å². The molecule has 27 heavy (non-hydrogen) atoms. The van der Waals surface area contributed by atoms with Gasteiger partial charge in [-0.3, -0.25) is 0 Å². The number of hydrogen-bond donors (Lipinski definition) is 4. The van der Waals surface area contributed by atoms with Gasteiger partial charge in [0.15, 0.2) is 0 Å². The number of urea groups is 1. The quantitative estimate of drug-likeness (QED) is 0.481. The van der Waals surface area contributed by atoms with Gasteiger partial charge in [-0.2, -0.15) is 0 Å². The third-order valence-corrected chi connectivity index (χ3v) is 3.59. The fourth-order valence-electron chi connectivity index (χ4n) is 2.32. The summed E-state index contributed by atoms with van der Waals surface area (Å²) in [6.45, 7) is 2.98. The van der Waals surface area contributed by atoms with Crippen molar-refractivity contribution in [3.63, 3.8) is 0 Å². The molecule has 3 rings (SSSR count). The minimum absolute atomic E-state index is 0.251. The molecule has 0 saturated carbocycles. The van der Waals surface area contributed by atoms with Crippen LogP contribution in [0.4, 0.5) is 27.9 Å². The predicted molar refractivity (Wildman–Crippen MR) is 106 cm³/mol. The number of para-hydroxylation sites is 1. The van der Waals surface area contributed by atoms with E-state index in [2.05, 4.69) is 36.2 Å². The minimum atomic E-state index is -0.251. The van der Waals surface area contributed by atoms with Gasteiger partial charge in [-0.15, -0.1) is 0 Å². The summed E-state index contributed by atoms with van der Waals surface area (Å²) in [6.07, 6.45) is 3.21. The summed E-state index contributed by atoms with van der Waals surface area (Å²) in [6, 6.07) is 14.7. The highest BCUT2D eigenvalue weighted by atomic mass is 16.2. The molecule has 2 aromatic heterocycles. The number of nitrogens with zero attached hydrogens (tertiary/aromatic N) is 3. The lowest BCUT2D eigenvalue weighted by Crippen LogP contribution is -2.32. The van der Waals surface area contributed by atoms with E-state index in [1.807, 2.05) is 49.4 Å². The normalized spacial score (nSPS) is 10.1. The molecule has 0 aliphatic heterocycles. The number of benzene rings is 1. The highest BCUT2D eigenvalue weighted by Gasteiger charge is 2.02. The Labute approximate surface area is 157 Å². The molecule has 4 N–H and O–H groups in total. The zero-order valence-electron chi connectivity index (χ0n) is 14.9. The average Bonchev–Trinajstić information content (AvgIpc) is 2.66. The van der Waals surface area contributed by atoms with Crippen LogP contribution in [0.5, 0.6) is 0 Å². The zero-order chi connectivity index (χ0) is 18.9. The van der Waals surface area contributed by atoms with Crippen LogP contribution in [0.3, 0.4) is 0 Å². The van der Waals surface area contributed by atoms with E-state index in [4.69, 9.17) is 0 Å². The number of rotatable bonds is 7. The van der Waals surface area contributed by atoms with Crippen molar-refractivity contribution < 1.29 is 4.79 Å². The van der Waals surface area contributed by atoms with Gasteiger partial charge in [0, 0.05) is 31.0 Å². The Morgan fingerprint density at radius 1 is 0.926 bits per heavy atom. The van der Waals surface area contributed by atoms with Crippen LogP contribution in [0.2, 0.25) is 0 Å². The Hall–Kier alpha value is -3.68. The Bertz CT molecular complexity index is 886.